The number of methoxy groups -OCH3 is 2. The number of carbonyl (C=O) groups excluding carboxylic acids is 1. The second-order valence-electron chi connectivity index (χ2n) is 6.36. The van der Waals surface area contributed by atoms with Crippen LogP contribution in [-0.2, 0) is 13.0 Å². The molecule has 144 valence electrons. The number of ether oxygens (including phenoxy) is 2. The second-order valence-corrected chi connectivity index (χ2v) is 7.30. The predicted molar refractivity (Wildman–Crippen MR) is 109 cm³/mol. The average molecular weight is 396 g/mol. The first-order valence-electron chi connectivity index (χ1n) is 8.85. The van der Waals surface area contributed by atoms with Gasteiger partial charge in [-0.3, -0.25) is 4.79 Å². The highest BCUT2D eigenvalue weighted by Gasteiger charge is 2.21. The lowest BCUT2D eigenvalue weighted by Gasteiger charge is -2.30. The molecule has 28 heavy (non-hydrogen) atoms. The summed E-state index contributed by atoms with van der Waals surface area (Å²) in [5.41, 5.74) is 2.43. The van der Waals surface area contributed by atoms with Gasteiger partial charge in [0.2, 0.25) is 0 Å². The van der Waals surface area contributed by atoms with Gasteiger partial charge in [0, 0.05) is 13.1 Å². The second kappa shape index (κ2) is 7.85. The Hall–Kier alpha value is -3.13. The highest BCUT2D eigenvalue weighted by atomic mass is 32.1. The van der Waals surface area contributed by atoms with E-state index in [0.717, 1.165) is 30.3 Å². The molecule has 0 saturated carbocycles. The number of carbonyl (C=O) groups is 1. The van der Waals surface area contributed by atoms with E-state index in [0.29, 0.717) is 17.2 Å². The van der Waals surface area contributed by atoms with E-state index >= 15 is 0 Å². The molecule has 8 heteroatoms. The Morgan fingerprint density at radius 2 is 1.89 bits per heavy atom. The number of rotatable bonds is 5. The van der Waals surface area contributed by atoms with Gasteiger partial charge in [-0.1, -0.05) is 6.07 Å². The summed E-state index contributed by atoms with van der Waals surface area (Å²) in [7, 11) is 3.28. The van der Waals surface area contributed by atoms with Crippen molar-refractivity contribution in [1.82, 2.24) is 10.2 Å². The Morgan fingerprint density at radius 1 is 1.11 bits per heavy atom. The van der Waals surface area contributed by atoms with E-state index in [9.17, 15) is 4.79 Å². The number of amides is 1. The monoisotopic (exact) mass is 396 g/mol. The van der Waals surface area contributed by atoms with Gasteiger partial charge >= 0.3 is 0 Å². The predicted octanol–water partition coefficient (Wildman–Crippen LogP) is 3.37. The Kier molecular flexibility index (Phi) is 5.12. The number of hydrogen-bond donors (Lipinski definition) is 1. The van der Waals surface area contributed by atoms with Crippen LogP contribution >= 0.6 is 11.3 Å². The Labute approximate surface area is 166 Å². The van der Waals surface area contributed by atoms with Crippen molar-refractivity contribution in [1.29, 1.82) is 0 Å². The number of nitrogens with zero attached hydrogens (tertiary/aromatic N) is 3. The fourth-order valence-corrected chi connectivity index (χ4v) is 3.84. The zero-order valence-corrected chi connectivity index (χ0v) is 16.5. The fourth-order valence-electron chi connectivity index (χ4n) is 3.22. The zero-order chi connectivity index (χ0) is 19.5. The van der Waals surface area contributed by atoms with Crippen molar-refractivity contribution in [3.8, 4) is 11.5 Å². The van der Waals surface area contributed by atoms with Crippen molar-refractivity contribution in [2.45, 2.75) is 13.0 Å². The SMILES string of the molecule is COc1cc2c(cc1OC)CN(c1ccc(NC(=O)c3cccs3)nn1)CC2. The lowest BCUT2D eigenvalue weighted by Crippen LogP contribution is -2.31. The van der Waals surface area contributed by atoms with Gasteiger partial charge in [-0.2, -0.15) is 0 Å². The minimum absolute atomic E-state index is 0.176. The van der Waals surface area contributed by atoms with Gasteiger partial charge in [0.05, 0.1) is 19.1 Å². The third-order valence-corrected chi connectivity index (χ3v) is 5.55. The summed E-state index contributed by atoms with van der Waals surface area (Å²) in [6.07, 6.45) is 0.883. The number of benzene rings is 1. The molecule has 7 nitrogen and oxygen atoms in total. The first kappa shape index (κ1) is 18.2. The summed E-state index contributed by atoms with van der Waals surface area (Å²) in [4.78, 5) is 14.9. The molecule has 0 spiro atoms. The molecule has 4 rings (SSSR count). The number of nitrogens with one attached hydrogen (secondary N) is 1. The summed E-state index contributed by atoms with van der Waals surface area (Å²) < 4.78 is 10.8. The van der Waals surface area contributed by atoms with E-state index in [4.69, 9.17) is 9.47 Å². The van der Waals surface area contributed by atoms with Crippen molar-refractivity contribution in [3.63, 3.8) is 0 Å². The van der Waals surface area contributed by atoms with Crippen LogP contribution in [0.25, 0.3) is 0 Å². The Balaban J connectivity index is 1.47. The average Bonchev–Trinajstić information content (AvgIpc) is 3.28. The molecule has 0 saturated heterocycles. The molecule has 0 aliphatic carbocycles. The third kappa shape index (κ3) is 3.63. The van der Waals surface area contributed by atoms with Crippen molar-refractivity contribution < 1.29 is 14.3 Å². The topological polar surface area (TPSA) is 76.6 Å². The van der Waals surface area contributed by atoms with Gasteiger partial charge in [0.1, 0.15) is 0 Å². The molecule has 3 aromatic rings. The first-order valence-corrected chi connectivity index (χ1v) is 9.73. The molecule has 1 aliphatic rings. The van der Waals surface area contributed by atoms with Crippen molar-refractivity contribution in [3.05, 3.63) is 57.8 Å². The molecule has 0 radical (unpaired) electrons. The van der Waals surface area contributed by atoms with E-state index in [1.165, 1.54) is 22.5 Å². The van der Waals surface area contributed by atoms with Crippen LogP contribution in [0.4, 0.5) is 11.6 Å². The van der Waals surface area contributed by atoms with Crippen LogP contribution in [-0.4, -0.2) is 36.9 Å². The number of hydrogen-bond acceptors (Lipinski definition) is 7. The van der Waals surface area contributed by atoms with E-state index in [1.54, 1.807) is 26.4 Å². The summed E-state index contributed by atoms with van der Waals surface area (Å²) in [5.74, 6) is 2.51. The van der Waals surface area contributed by atoms with Crippen LogP contribution < -0.4 is 19.7 Å². The van der Waals surface area contributed by atoms with Gasteiger partial charge in [-0.05, 0) is 53.3 Å². The van der Waals surface area contributed by atoms with Crippen molar-refractivity contribution in [2.75, 3.05) is 31.0 Å². The van der Waals surface area contributed by atoms with Gasteiger partial charge in [-0.15, -0.1) is 21.5 Å². The summed E-state index contributed by atoms with van der Waals surface area (Å²) >= 11 is 1.39. The van der Waals surface area contributed by atoms with E-state index in [2.05, 4.69) is 20.4 Å². The van der Waals surface area contributed by atoms with E-state index in [1.807, 2.05) is 29.6 Å². The molecule has 3 heterocycles. The van der Waals surface area contributed by atoms with Crippen LogP contribution in [0.1, 0.15) is 20.8 Å². The molecule has 0 atom stereocenters. The largest absolute Gasteiger partial charge is 0.493 e. The third-order valence-electron chi connectivity index (χ3n) is 4.68. The number of thiophene rings is 1. The molecule has 0 fully saturated rings. The summed E-state index contributed by atoms with van der Waals surface area (Å²) in [5, 5.41) is 13.1. The lowest BCUT2D eigenvalue weighted by atomic mass is 9.99. The lowest BCUT2D eigenvalue weighted by molar-refractivity contribution is 0.103. The molecule has 1 amide bonds. The zero-order valence-electron chi connectivity index (χ0n) is 15.6. The first-order chi connectivity index (χ1) is 13.7. The quantitative estimate of drug-likeness (QED) is 0.713. The molecule has 1 N–H and O–H groups in total. The number of aromatic nitrogens is 2. The minimum atomic E-state index is -0.176. The summed E-state index contributed by atoms with van der Waals surface area (Å²) in [6, 6.07) is 11.3. The van der Waals surface area contributed by atoms with Crippen LogP contribution in [0.5, 0.6) is 11.5 Å². The maximum atomic E-state index is 12.1. The van der Waals surface area contributed by atoms with Crippen LogP contribution in [0.2, 0.25) is 0 Å². The maximum absolute atomic E-state index is 12.1. The fraction of sp³-hybridized carbons (Fsp3) is 0.250. The van der Waals surface area contributed by atoms with Gasteiger partial charge in [-0.25, -0.2) is 0 Å². The van der Waals surface area contributed by atoms with Crippen LogP contribution in [0.3, 0.4) is 0 Å². The van der Waals surface area contributed by atoms with Crippen molar-refractivity contribution >= 4 is 28.9 Å². The van der Waals surface area contributed by atoms with E-state index in [-0.39, 0.29) is 5.91 Å². The molecule has 2 aromatic heterocycles. The molecule has 1 aromatic carbocycles. The van der Waals surface area contributed by atoms with Gasteiger partial charge in [0.25, 0.3) is 5.91 Å². The minimum Gasteiger partial charge on any atom is -0.493 e. The maximum Gasteiger partial charge on any atom is 0.266 e. The smallest absolute Gasteiger partial charge is 0.266 e. The Morgan fingerprint density at radius 3 is 2.54 bits per heavy atom. The van der Waals surface area contributed by atoms with Crippen LogP contribution in [0, 0.1) is 0 Å². The van der Waals surface area contributed by atoms with Crippen molar-refractivity contribution in [2.24, 2.45) is 0 Å². The van der Waals surface area contributed by atoms with Gasteiger partial charge in [0.15, 0.2) is 23.1 Å². The number of anilines is 2. The molecular formula is C20H20N4O3S. The van der Waals surface area contributed by atoms with E-state index < -0.39 is 0 Å². The van der Waals surface area contributed by atoms with Crippen LogP contribution in [0.15, 0.2) is 41.8 Å². The molecule has 1 aliphatic heterocycles. The normalized spacial score (nSPS) is 13.0. The number of fused-ring (bicyclic) bond motifs is 1. The standard InChI is InChI=1S/C20H20N4O3S/c1-26-15-10-13-7-8-24(12-14(13)11-16(15)27-2)19-6-5-18(22-23-19)21-20(25)17-4-3-9-28-17/h3-6,9-11H,7-8,12H2,1-2H3,(H,21,22,25). The van der Waals surface area contributed by atoms with Gasteiger partial charge < -0.3 is 19.7 Å². The summed E-state index contributed by atoms with van der Waals surface area (Å²) in [6.45, 7) is 1.54. The highest BCUT2D eigenvalue weighted by Crippen LogP contribution is 2.34. The molecule has 0 bridgehead atoms. The molecular weight excluding hydrogens is 376 g/mol. The molecule has 0 unspecified atom stereocenters. The Bertz CT molecular complexity index is 974. The highest BCUT2D eigenvalue weighted by molar-refractivity contribution is 7.12.